The molecular weight excluding hydrogens is 428 g/mol. The zero-order valence-corrected chi connectivity index (χ0v) is 15.8. The number of halogens is 4. The number of alkyl halides is 3. The molecule has 13 heteroatoms. The number of ether oxygens (including phenoxy) is 1. The molecule has 1 unspecified atom stereocenters. The van der Waals surface area contributed by atoms with Crippen LogP contribution in [0.3, 0.4) is 0 Å². The zero-order chi connectivity index (χ0) is 21.0. The molecule has 1 saturated heterocycles. The zero-order valence-electron chi connectivity index (χ0n) is 15.0. The molecule has 2 aliphatic heterocycles. The van der Waals surface area contributed by atoms with Crippen molar-refractivity contribution in [1.29, 1.82) is 0 Å². The summed E-state index contributed by atoms with van der Waals surface area (Å²) in [6.07, 6.45) is -4.23. The number of thiazole rings is 1. The number of pyridine rings is 1. The molecule has 2 aliphatic rings. The fourth-order valence-corrected chi connectivity index (χ4v) is 4.32. The molecule has 0 spiro atoms. The summed E-state index contributed by atoms with van der Waals surface area (Å²) in [5.74, 6) is -1.62. The van der Waals surface area contributed by atoms with Gasteiger partial charge in [0.15, 0.2) is 23.2 Å². The molecule has 5 rings (SSSR count). The normalized spacial score (nSPS) is 20.9. The molecule has 8 nitrogen and oxygen atoms in total. The van der Waals surface area contributed by atoms with E-state index in [0.29, 0.717) is 17.3 Å². The Kier molecular flexibility index (Phi) is 4.32. The van der Waals surface area contributed by atoms with Gasteiger partial charge in [0.05, 0.1) is 30.3 Å². The maximum Gasteiger partial charge on any atom is 0.436 e. The van der Waals surface area contributed by atoms with Crippen LogP contribution in [0.5, 0.6) is 0 Å². The number of hydrogen-bond donors (Lipinski definition) is 0. The maximum atomic E-state index is 14.5. The second-order valence-corrected chi connectivity index (χ2v) is 7.52. The van der Waals surface area contributed by atoms with Crippen LogP contribution in [-0.2, 0) is 17.5 Å². The van der Waals surface area contributed by atoms with Crippen molar-refractivity contribution < 1.29 is 27.1 Å². The summed E-state index contributed by atoms with van der Waals surface area (Å²) >= 11 is 1.40. The lowest BCUT2D eigenvalue weighted by atomic mass is 10.0. The molecule has 0 N–H and O–H groups in total. The first-order chi connectivity index (χ1) is 14.4. The van der Waals surface area contributed by atoms with Gasteiger partial charge >= 0.3 is 6.18 Å². The Labute approximate surface area is 170 Å². The van der Waals surface area contributed by atoms with Crippen LogP contribution in [0.1, 0.15) is 27.9 Å². The van der Waals surface area contributed by atoms with E-state index in [4.69, 9.17) is 4.74 Å². The van der Waals surface area contributed by atoms with Gasteiger partial charge in [-0.05, 0) is 6.07 Å². The summed E-state index contributed by atoms with van der Waals surface area (Å²) in [7, 11) is 0. The molecule has 0 aliphatic carbocycles. The Morgan fingerprint density at radius 3 is 2.80 bits per heavy atom. The van der Waals surface area contributed by atoms with Gasteiger partial charge < -0.3 is 14.2 Å². The monoisotopic (exact) mass is 440 g/mol. The highest BCUT2D eigenvalue weighted by atomic mass is 32.1. The molecule has 30 heavy (non-hydrogen) atoms. The van der Waals surface area contributed by atoms with E-state index in [1.807, 2.05) is 9.95 Å². The van der Waals surface area contributed by atoms with Crippen molar-refractivity contribution in [1.82, 2.24) is 29.6 Å². The third-order valence-electron chi connectivity index (χ3n) is 5.07. The van der Waals surface area contributed by atoms with Crippen molar-refractivity contribution in [2.75, 3.05) is 13.2 Å². The molecule has 1 fully saturated rings. The molecule has 0 aromatic carbocycles. The van der Waals surface area contributed by atoms with Crippen molar-refractivity contribution in [3.63, 3.8) is 0 Å². The highest BCUT2D eigenvalue weighted by Gasteiger charge is 2.45. The predicted molar refractivity (Wildman–Crippen MR) is 93.8 cm³/mol. The van der Waals surface area contributed by atoms with Gasteiger partial charge in [0, 0.05) is 18.1 Å². The molecule has 2 atom stereocenters. The van der Waals surface area contributed by atoms with Gasteiger partial charge in [-0.15, -0.1) is 21.5 Å². The first kappa shape index (κ1) is 19.1. The van der Waals surface area contributed by atoms with Crippen molar-refractivity contribution in [2.24, 2.45) is 0 Å². The van der Waals surface area contributed by atoms with E-state index in [2.05, 4.69) is 20.2 Å². The number of carbonyl (C=O) groups excluding carboxylic acids is 1. The van der Waals surface area contributed by atoms with Crippen molar-refractivity contribution in [2.45, 2.75) is 24.8 Å². The van der Waals surface area contributed by atoms with Crippen LogP contribution >= 0.6 is 11.3 Å². The van der Waals surface area contributed by atoms with Crippen LogP contribution in [0.4, 0.5) is 17.6 Å². The smallest absolute Gasteiger partial charge is 0.377 e. The summed E-state index contributed by atoms with van der Waals surface area (Å²) in [5, 5.41) is 10.1. The van der Waals surface area contributed by atoms with E-state index >= 15 is 0 Å². The Morgan fingerprint density at radius 2 is 2.07 bits per heavy atom. The Bertz CT molecular complexity index is 1120. The molecule has 5 heterocycles. The average Bonchev–Trinajstić information content (AvgIpc) is 3.35. The van der Waals surface area contributed by atoms with Gasteiger partial charge in [-0.25, -0.2) is 14.4 Å². The highest BCUT2D eigenvalue weighted by Crippen LogP contribution is 2.37. The summed E-state index contributed by atoms with van der Waals surface area (Å²) in [6.45, 7) is 0.460. The third-order valence-corrected chi connectivity index (χ3v) is 5.66. The Morgan fingerprint density at radius 1 is 1.23 bits per heavy atom. The van der Waals surface area contributed by atoms with Crippen LogP contribution in [0.25, 0.3) is 11.5 Å². The number of nitrogens with zero attached hydrogens (tertiary/aromatic N) is 6. The number of carbonyl (C=O) groups is 1. The summed E-state index contributed by atoms with van der Waals surface area (Å²) in [6, 6.07) is -0.297. The minimum absolute atomic E-state index is 0.0657. The Balaban J connectivity index is 1.55. The van der Waals surface area contributed by atoms with E-state index in [1.165, 1.54) is 16.2 Å². The summed E-state index contributed by atoms with van der Waals surface area (Å²) in [4.78, 5) is 21.7. The highest BCUT2D eigenvalue weighted by molar-refractivity contribution is 7.07. The fraction of sp³-hybridized carbons (Fsp3) is 0.353. The Hall–Kier alpha value is -2.93. The largest absolute Gasteiger partial charge is 0.436 e. The quantitative estimate of drug-likeness (QED) is 0.570. The van der Waals surface area contributed by atoms with Crippen LogP contribution in [0.2, 0.25) is 0 Å². The molecule has 1 amide bonds. The average molecular weight is 440 g/mol. The van der Waals surface area contributed by atoms with Crippen molar-refractivity contribution >= 4 is 17.2 Å². The van der Waals surface area contributed by atoms with E-state index in [1.54, 1.807) is 5.51 Å². The lowest BCUT2D eigenvalue weighted by Crippen LogP contribution is -2.56. The van der Waals surface area contributed by atoms with Crippen LogP contribution in [0, 0.1) is 5.82 Å². The topological polar surface area (TPSA) is 86.0 Å². The molecule has 0 radical (unpaired) electrons. The lowest BCUT2D eigenvalue weighted by molar-refractivity contribution is -0.143. The summed E-state index contributed by atoms with van der Waals surface area (Å²) in [5.41, 5.74) is -0.125. The van der Waals surface area contributed by atoms with Gasteiger partial charge in [0.2, 0.25) is 0 Å². The second kappa shape index (κ2) is 6.80. The number of rotatable bonds is 2. The molecule has 156 valence electrons. The van der Waals surface area contributed by atoms with E-state index in [0.717, 1.165) is 12.3 Å². The van der Waals surface area contributed by atoms with Crippen LogP contribution in [-0.4, -0.2) is 54.8 Å². The number of amides is 1. The first-order valence-electron chi connectivity index (χ1n) is 8.80. The molecular formula is C17H12F4N6O2S. The fourth-order valence-electron chi connectivity index (χ4n) is 3.79. The van der Waals surface area contributed by atoms with Crippen molar-refractivity contribution in [3.8, 4) is 11.5 Å². The van der Waals surface area contributed by atoms with Crippen molar-refractivity contribution in [3.05, 3.63) is 46.1 Å². The van der Waals surface area contributed by atoms with Gasteiger partial charge in [-0.3, -0.25) is 4.79 Å². The van der Waals surface area contributed by atoms with Gasteiger partial charge in [0.25, 0.3) is 5.91 Å². The van der Waals surface area contributed by atoms with E-state index in [9.17, 15) is 22.4 Å². The second-order valence-electron chi connectivity index (χ2n) is 6.80. The van der Waals surface area contributed by atoms with E-state index in [-0.39, 0.29) is 19.8 Å². The molecule has 3 aromatic heterocycles. The van der Waals surface area contributed by atoms with Crippen LogP contribution in [0.15, 0.2) is 23.2 Å². The third kappa shape index (κ3) is 2.88. The SMILES string of the molecule is O=C(c1ccnc(C(F)(F)F)c1F)N1C2COC[C@@H]1c1nnc(-c3cscn3)n1C2. The molecule has 3 aromatic rings. The standard InChI is InChI=1S/C17H12F4N6O2S/c18-12-9(1-2-22-13(12)17(19,20)21)16(28)27-8-3-26-14(10-6-30-7-23-10)24-25-15(26)11(27)5-29-4-8/h1-2,6-8,11H,3-5H2/t8?,11-/m1/s1. The minimum Gasteiger partial charge on any atom is -0.377 e. The summed E-state index contributed by atoms with van der Waals surface area (Å²) < 4.78 is 61.0. The number of hydrogen-bond acceptors (Lipinski definition) is 7. The molecule has 2 bridgehead atoms. The number of morpholine rings is 1. The minimum atomic E-state index is -5.01. The maximum absolute atomic E-state index is 14.5. The number of fused-ring (bicyclic) bond motifs is 4. The van der Waals surface area contributed by atoms with Gasteiger partial charge in [-0.1, -0.05) is 0 Å². The first-order valence-corrected chi connectivity index (χ1v) is 9.74. The lowest BCUT2D eigenvalue weighted by Gasteiger charge is -2.45. The number of aromatic nitrogens is 5. The molecule has 0 saturated carbocycles. The van der Waals surface area contributed by atoms with E-state index < -0.39 is 41.2 Å². The predicted octanol–water partition coefficient (Wildman–Crippen LogP) is 2.55. The van der Waals surface area contributed by atoms with Crippen LogP contribution < -0.4 is 0 Å². The van der Waals surface area contributed by atoms with Gasteiger partial charge in [-0.2, -0.15) is 13.2 Å². The van der Waals surface area contributed by atoms with Gasteiger partial charge in [0.1, 0.15) is 11.7 Å².